The predicted octanol–water partition coefficient (Wildman–Crippen LogP) is 4.43. The molecule has 0 bridgehead atoms. The average molecular weight is 322 g/mol. The Bertz CT molecular complexity index is 901. The van der Waals surface area contributed by atoms with Crippen molar-refractivity contribution in [2.45, 2.75) is 0 Å². The highest BCUT2D eigenvalue weighted by Crippen LogP contribution is 2.18. The molecule has 4 heteroatoms. The third-order valence-electron chi connectivity index (χ3n) is 3.62. The van der Waals surface area contributed by atoms with Gasteiger partial charge in [-0.15, -0.1) is 0 Å². The Morgan fingerprint density at radius 3 is 1.88 bits per heavy atom. The molecule has 0 amide bonds. The van der Waals surface area contributed by atoms with Gasteiger partial charge in [-0.25, -0.2) is 8.78 Å². The Balaban J connectivity index is 1.98. The molecule has 0 aromatic heterocycles. The number of carbonyl (C=O) groups excluding carboxylic acids is 2. The van der Waals surface area contributed by atoms with Crippen LogP contribution in [0.15, 0.2) is 72.8 Å². The quantitative estimate of drug-likeness (QED) is 0.666. The van der Waals surface area contributed by atoms with E-state index >= 15 is 0 Å². The number of halogens is 2. The minimum absolute atomic E-state index is 0.169. The van der Waals surface area contributed by atoms with Crippen molar-refractivity contribution in [1.82, 2.24) is 0 Å². The number of ketones is 2. The zero-order valence-corrected chi connectivity index (χ0v) is 12.5. The molecule has 3 aromatic rings. The number of rotatable bonds is 4. The molecule has 24 heavy (non-hydrogen) atoms. The fourth-order valence-corrected chi connectivity index (χ4v) is 2.35. The van der Waals surface area contributed by atoms with Gasteiger partial charge in [-0.1, -0.05) is 30.3 Å². The van der Waals surface area contributed by atoms with Crippen LogP contribution < -0.4 is 0 Å². The molecule has 0 aliphatic rings. The zero-order valence-electron chi connectivity index (χ0n) is 12.5. The largest absolute Gasteiger partial charge is 0.289 e. The van der Waals surface area contributed by atoms with E-state index in [4.69, 9.17) is 0 Å². The highest BCUT2D eigenvalue weighted by atomic mass is 19.1. The Morgan fingerprint density at radius 1 is 0.625 bits per heavy atom. The first-order valence-corrected chi connectivity index (χ1v) is 7.26. The Morgan fingerprint density at radius 2 is 1.21 bits per heavy atom. The Labute approximate surface area is 137 Å². The highest BCUT2D eigenvalue weighted by Gasteiger charge is 2.17. The van der Waals surface area contributed by atoms with Gasteiger partial charge in [0.1, 0.15) is 11.6 Å². The molecule has 3 rings (SSSR count). The van der Waals surface area contributed by atoms with Crippen LogP contribution in [0.4, 0.5) is 8.78 Å². The molecule has 0 atom stereocenters. The molecule has 0 N–H and O–H groups in total. The van der Waals surface area contributed by atoms with Crippen LogP contribution in [0.3, 0.4) is 0 Å². The molecule has 0 aliphatic heterocycles. The van der Waals surface area contributed by atoms with Crippen molar-refractivity contribution in [3.8, 4) is 0 Å². The van der Waals surface area contributed by atoms with Gasteiger partial charge >= 0.3 is 0 Å². The van der Waals surface area contributed by atoms with Crippen LogP contribution in [-0.2, 0) is 0 Å². The van der Waals surface area contributed by atoms with Crippen LogP contribution in [-0.4, -0.2) is 11.6 Å². The van der Waals surface area contributed by atoms with E-state index in [-0.39, 0.29) is 16.7 Å². The molecular formula is C20H12F2O2. The third-order valence-corrected chi connectivity index (χ3v) is 3.62. The van der Waals surface area contributed by atoms with Gasteiger partial charge < -0.3 is 0 Å². The minimum atomic E-state index is -0.695. The molecule has 0 heterocycles. The van der Waals surface area contributed by atoms with Crippen LogP contribution in [0.2, 0.25) is 0 Å². The van der Waals surface area contributed by atoms with Crippen molar-refractivity contribution in [3.63, 3.8) is 0 Å². The fraction of sp³-hybridized carbons (Fsp3) is 0. The first-order chi connectivity index (χ1) is 11.6. The van der Waals surface area contributed by atoms with Gasteiger partial charge in [-0.05, 0) is 42.5 Å². The second-order valence-corrected chi connectivity index (χ2v) is 5.23. The lowest BCUT2D eigenvalue weighted by Crippen LogP contribution is -2.08. The van der Waals surface area contributed by atoms with E-state index in [1.54, 1.807) is 30.3 Å². The van der Waals surface area contributed by atoms with E-state index in [0.29, 0.717) is 5.56 Å². The van der Waals surface area contributed by atoms with E-state index in [9.17, 15) is 18.4 Å². The molecule has 0 radical (unpaired) electrons. The number of hydrogen-bond acceptors (Lipinski definition) is 2. The van der Waals surface area contributed by atoms with Crippen LogP contribution in [0.25, 0.3) is 0 Å². The second-order valence-electron chi connectivity index (χ2n) is 5.23. The first-order valence-electron chi connectivity index (χ1n) is 7.26. The summed E-state index contributed by atoms with van der Waals surface area (Å²) in [7, 11) is 0. The maximum Gasteiger partial charge on any atom is 0.195 e. The minimum Gasteiger partial charge on any atom is -0.289 e. The van der Waals surface area contributed by atoms with Gasteiger partial charge in [0.15, 0.2) is 11.6 Å². The number of benzene rings is 3. The number of hydrogen-bond donors (Lipinski definition) is 0. The third kappa shape index (κ3) is 3.13. The van der Waals surface area contributed by atoms with Crippen molar-refractivity contribution >= 4 is 11.6 Å². The Hall–Kier alpha value is -3.14. The summed E-state index contributed by atoms with van der Waals surface area (Å²) in [6.45, 7) is 0. The summed E-state index contributed by atoms with van der Waals surface area (Å²) in [5.74, 6) is -2.05. The summed E-state index contributed by atoms with van der Waals surface area (Å²) >= 11 is 0. The van der Waals surface area contributed by atoms with Gasteiger partial charge in [0.2, 0.25) is 0 Å². The molecule has 0 spiro atoms. The molecule has 118 valence electrons. The number of carbonyl (C=O) groups is 2. The van der Waals surface area contributed by atoms with Crippen molar-refractivity contribution < 1.29 is 18.4 Å². The maximum absolute atomic E-state index is 14.0. The predicted molar refractivity (Wildman–Crippen MR) is 86.1 cm³/mol. The van der Waals surface area contributed by atoms with Crippen LogP contribution in [0.5, 0.6) is 0 Å². The molecule has 3 aromatic carbocycles. The lowest BCUT2D eigenvalue weighted by molar-refractivity contribution is 0.103. The first kappa shape index (κ1) is 15.7. The summed E-state index contributed by atoms with van der Waals surface area (Å²) in [6.07, 6.45) is 0. The summed E-state index contributed by atoms with van der Waals surface area (Å²) in [4.78, 5) is 24.8. The molecular weight excluding hydrogens is 310 g/mol. The molecule has 2 nitrogen and oxygen atoms in total. The van der Waals surface area contributed by atoms with Gasteiger partial charge in [0, 0.05) is 16.7 Å². The summed E-state index contributed by atoms with van der Waals surface area (Å²) < 4.78 is 27.0. The van der Waals surface area contributed by atoms with E-state index in [0.717, 1.165) is 6.07 Å². The van der Waals surface area contributed by atoms with Gasteiger partial charge in [-0.2, -0.15) is 0 Å². The van der Waals surface area contributed by atoms with Gasteiger partial charge in [-0.3, -0.25) is 9.59 Å². The van der Waals surface area contributed by atoms with Gasteiger partial charge in [0.05, 0.1) is 5.56 Å². The molecule has 0 saturated heterocycles. The van der Waals surface area contributed by atoms with Crippen molar-refractivity contribution in [2.75, 3.05) is 0 Å². The SMILES string of the molecule is O=C(c1ccc(F)cc1)c1ccc(F)c(C(=O)c2ccccc2)c1. The Kier molecular flexibility index (Phi) is 4.29. The second kappa shape index (κ2) is 6.54. The van der Waals surface area contributed by atoms with E-state index in [1.807, 2.05) is 0 Å². The highest BCUT2D eigenvalue weighted by molar-refractivity contribution is 6.13. The van der Waals surface area contributed by atoms with Crippen molar-refractivity contribution in [2.24, 2.45) is 0 Å². The molecule has 0 fully saturated rings. The fourth-order valence-electron chi connectivity index (χ4n) is 2.35. The monoisotopic (exact) mass is 322 g/mol. The van der Waals surface area contributed by atoms with Gasteiger partial charge in [0.25, 0.3) is 0 Å². The lowest BCUT2D eigenvalue weighted by atomic mass is 9.97. The smallest absolute Gasteiger partial charge is 0.195 e. The summed E-state index contributed by atoms with van der Waals surface area (Å²) in [5, 5.41) is 0. The normalized spacial score (nSPS) is 10.4. The molecule has 0 unspecified atom stereocenters. The topological polar surface area (TPSA) is 34.1 Å². The van der Waals surface area contributed by atoms with Crippen LogP contribution in [0, 0.1) is 11.6 Å². The summed E-state index contributed by atoms with van der Waals surface area (Å²) in [5.41, 5.74) is 0.598. The zero-order chi connectivity index (χ0) is 17.1. The van der Waals surface area contributed by atoms with Crippen molar-refractivity contribution in [3.05, 3.63) is 107 Å². The molecule has 0 aliphatic carbocycles. The van der Waals surface area contributed by atoms with Crippen LogP contribution in [0.1, 0.15) is 31.8 Å². The lowest BCUT2D eigenvalue weighted by Gasteiger charge is -2.06. The summed E-state index contributed by atoms with van der Waals surface area (Å²) in [6, 6.07) is 16.9. The average Bonchev–Trinajstić information content (AvgIpc) is 2.62. The standard InChI is InChI=1S/C20H12F2O2/c21-16-9-6-14(7-10-16)19(23)15-8-11-18(22)17(12-15)20(24)13-4-2-1-3-5-13/h1-12H. The molecule has 0 saturated carbocycles. The van der Waals surface area contributed by atoms with E-state index in [1.165, 1.54) is 36.4 Å². The maximum atomic E-state index is 14.0. The van der Waals surface area contributed by atoms with Crippen molar-refractivity contribution in [1.29, 1.82) is 0 Å². The van der Waals surface area contributed by atoms with E-state index in [2.05, 4.69) is 0 Å². The van der Waals surface area contributed by atoms with E-state index < -0.39 is 23.2 Å². The van der Waals surface area contributed by atoms with Crippen LogP contribution >= 0.6 is 0 Å².